The lowest BCUT2D eigenvalue weighted by Gasteiger charge is -2.25. The van der Waals surface area contributed by atoms with Gasteiger partial charge in [0.1, 0.15) is 5.37 Å². The third-order valence-corrected chi connectivity index (χ3v) is 5.78. The Balaban J connectivity index is 1.73. The SMILES string of the molecule is Cc1ccc(NC(=O)N2CCS[C@H]2c2ccc(C(C)(C)C)cc2)cc1. The van der Waals surface area contributed by atoms with E-state index in [2.05, 4.69) is 50.4 Å². The molecule has 2 aromatic rings. The highest BCUT2D eigenvalue weighted by Gasteiger charge is 2.31. The maximum Gasteiger partial charge on any atom is 0.323 e. The number of amides is 2. The van der Waals surface area contributed by atoms with Crippen LogP contribution in [0.3, 0.4) is 0 Å². The van der Waals surface area contributed by atoms with Gasteiger partial charge >= 0.3 is 6.03 Å². The minimum Gasteiger partial charge on any atom is -0.308 e. The smallest absolute Gasteiger partial charge is 0.308 e. The largest absolute Gasteiger partial charge is 0.323 e. The summed E-state index contributed by atoms with van der Waals surface area (Å²) in [5.41, 5.74) is 4.68. The van der Waals surface area contributed by atoms with Crippen molar-refractivity contribution in [3.63, 3.8) is 0 Å². The van der Waals surface area contributed by atoms with Crippen LogP contribution in [0.1, 0.15) is 42.8 Å². The summed E-state index contributed by atoms with van der Waals surface area (Å²) in [5, 5.41) is 3.10. The van der Waals surface area contributed by atoms with Crippen LogP contribution in [-0.2, 0) is 5.41 Å². The van der Waals surface area contributed by atoms with Gasteiger partial charge in [-0.05, 0) is 35.6 Å². The van der Waals surface area contributed by atoms with Gasteiger partial charge in [-0.2, -0.15) is 0 Å². The molecule has 0 bridgehead atoms. The summed E-state index contributed by atoms with van der Waals surface area (Å²) in [4.78, 5) is 14.6. The van der Waals surface area contributed by atoms with Crippen LogP contribution < -0.4 is 5.32 Å². The van der Waals surface area contributed by atoms with E-state index in [1.807, 2.05) is 47.9 Å². The molecule has 1 aliphatic heterocycles. The summed E-state index contributed by atoms with van der Waals surface area (Å²) in [6.45, 7) is 9.46. The zero-order valence-electron chi connectivity index (χ0n) is 15.4. The molecule has 25 heavy (non-hydrogen) atoms. The number of carbonyl (C=O) groups is 1. The standard InChI is InChI=1S/C21H26N2OS/c1-15-5-11-18(12-6-15)22-20(24)23-13-14-25-19(23)16-7-9-17(10-8-16)21(2,3)4/h5-12,19H,13-14H2,1-4H3,(H,22,24)/t19-/m0/s1. The van der Waals surface area contributed by atoms with E-state index in [0.717, 1.165) is 18.0 Å². The van der Waals surface area contributed by atoms with E-state index in [4.69, 9.17) is 0 Å². The lowest BCUT2D eigenvalue weighted by Crippen LogP contribution is -2.34. The Morgan fingerprint density at radius 3 is 2.32 bits per heavy atom. The molecule has 1 atom stereocenters. The number of aryl methyl sites for hydroxylation is 1. The Morgan fingerprint density at radius 1 is 1.08 bits per heavy atom. The van der Waals surface area contributed by atoms with Crippen LogP contribution in [0.15, 0.2) is 48.5 Å². The first-order valence-corrected chi connectivity index (χ1v) is 9.76. The van der Waals surface area contributed by atoms with E-state index in [1.54, 1.807) is 0 Å². The van der Waals surface area contributed by atoms with Crippen LogP contribution in [0, 0.1) is 6.92 Å². The molecule has 1 fully saturated rings. The van der Waals surface area contributed by atoms with Crippen molar-refractivity contribution in [2.24, 2.45) is 0 Å². The van der Waals surface area contributed by atoms with Gasteiger partial charge in [0.25, 0.3) is 0 Å². The maximum atomic E-state index is 12.7. The summed E-state index contributed by atoms with van der Waals surface area (Å²) in [5.74, 6) is 0.965. The molecule has 2 aromatic carbocycles. The minimum absolute atomic E-state index is 0.0289. The fourth-order valence-electron chi connectivity index (χ4n) is 2.93. The lowest BCUT2D eigenvalue weighted by atomic mass is 9.87. The van der Waals surface area contributed by atoms with Gasteiger partial charge in [-0.25, -0.2) is 4.79 Å². The highest BCUT2D eigenvalue weighted by Crippen LogP contribution is 2.38. The normalized spacial score (nSPS) is 17.6. The molecular weight excluding hydrogens is 328 g/mol. The number of benzene rings is 2. The molecule has 2 amide bonds. The van der Waals surface area contributed by atoms with Crippen LogP contribution in [0.2, 0.25) is 0 Å². The lowest BCUT2D eigenvalue weighted by molar-refractivity contribution is 0.214. The van der Waals surface area contributed by atoms with Crippen molar-refractivity contribution in [2.45, 2.75) is 38.5 Å². The van der Waals surface area contributed by atoms with Crippen molar-refractivity contribution in [3.8, 4) is 0 Å². The van der Waals surface area contributed by atoms with Gasteiger partial charge in [0.05, 0.1) is 0 Å². The number of thioether (sulfide) groups is 1. The number of hydrogen-bond donors (Lipinski definition) is 1. The Bertz CT molecular complexity index is 732. The third kappa shape index (κ3) is 4.18. The summed E-state index contributed by atoms with van der Waals surface area (Å²) >= 11 is 1.82. The predicted octanol–water partition coefficient (Wildman–Crippen LogP) is 5.57. The number of nitrogens with zero attached hydrogens (tertiary/aromatic N) is 1. The fourth-order valence-corrected chi connectivity index (χ4v) is 4.19. The average Bonchev–Trinajstić information content (AvgIpc) is 3.06. The highest BCUT2D eigenvalue weighted by atomic mass is 32.2. The first-order valence-electron chi connectivity index (χ1n) is 8.71. The molecule has 0 aliphatic carbocycles. The second-order valence-electron chi connectivity index (χ2n) is 7.58. The molecule has 1 saturated heterocycles. The van der Waals surface area contributed by atoms with E-state index >= 15 is 0 Å². The molecule has 4 heteroatoms. The van der Waals surface area contributed by atoms with Crippen LogP contribution in [0.5, 0.6) is 0 Å². The Kier molecular flexibility index (Phi) is 5.09. The molecular formula is C21H26N2OS. The highest BCUT2D eigenvalue weighted by molar-refractivity contribution is 7.99. The molecule has 1 aliphatic rings. The zero-order valence-corrected chi connectivity index (χ0v) is 16.2. The van der Waals surface area contributed by atoms with Gasteiger partial charge in [-0.1, -0.05) is 62.7 Å². The second kappa shape index (κ2) is 7.12. The maximum absolute atomic E-state index is 12.7. The van der Waals surface area contributed by atoms with E-state index < -0.39 is 0 Å². The van der Waals surface area contributed by atoms with Crippen molar-refractivity contribution in [1.82, 2.24) is 4.90 Å². The number of hydrogen-bond acceptors (Lipinski definition) is 2. The van der Waals surface area contributed by atoms with Crippen LogP contribution in [0.25, 0.3) is 0 Å². The third-order valence-electron chi connectivity index (χ3n) is 4.52. The molecule has 132 valence electrons. The van der Waals surface area contributed by atoms with Crippen LogP contribution in [0.4, 0.5) is 10.5 Å². The second-order valence-corrected chi connectivity index (χ2v) is 8.77. The van der Waals surface area contributed by atoms with Gasteiger partial charge in [-0.15, -0.1) is 11.8 Å². The quantitative estimate of drug-likeness (QED) is 0.764. The number of anilines is 1. The number of urea groups is 1. The Labute approximate surface area is 154 Å². The average molecular weight is 355 g/mol. The summed E-state index contributed by atoms with van der Waals surface area (Å²) in [6.07, 6.45) is 0. The zero-order chi connectivity index (χ0) is 18.0. The predicted molar refractivity (Wildman–Crippen MR) is 107 cm³/mol. The van der Waals surface area contributed by atoms with E-state index in [-0.39, 0.29) is 16.8 Å². The summed E-state index contributed by atoms with van der Waals surface area (Å²) < 4.78 is 0. The van der Waals surface area contributed by atoms with Crippen molar-refractivity contribution in [2.75, 3.05) is 17.6 Å². The summed E-state index contributed by atoms with van der Waals surface area (Å²) in [6, 6.07) is 16.6. The van der Waals surface area contributed by atoms with E-state index in [9.17, 15) is 4.79 Å². The molecule has 0 unspecified atom stereocenters. The number of rotatable bonds is 2. The molecule has 1 heterocycles. The first-order chi connectivity index (χ1) is 11.8. The first kappa shape index (κ1) is 17.9. The minimum atomic E-state index is -0.0289. The monoisotopic (exact) mass is 354 g/mol. The molecule has 0 radical (unpaired) electrons. The Morgan fingerprint density at radius 2 is 1.72 bits per heavy atom. The van der Waals surface area contributed by atoms with E-state index in [1.165, 1.54) is 16.7 Å². The van der Waals surface area contributed by atoms with E-state index in [0.29, 0.717) is 0 Å². The van der Waals surface area contributed by atoms with Crippen molar-refractivity contribution in [3.05, 3.63) is 65.2 Å². The van der Waals surface area contributed by atoms with Gasteiger partial charge in [-0.3, -0.25) is 0 Å². The van der Waals surface area contributed by atoms with Crippen LogP contribution >= 0.6 is 11.8 Å². The van der Waals surface area contributed by atoms with Crippen molar-refractivity contribution < 1.29 is 4.79 Å². The molecule has 3 rings (SSSR count). The fraction of sp³-hybridized carbons (Fsp3) is 0.381. The molecule has 3 nitrogen and oxygen atoms in total. The molecule has 0 spiro atoms. The summed E-state index contributed by atoms with van der Waals surface area (Å²) in [7, 11) is 0. The Hall–Kier alpha value is -1.94. The van der Waals surface area contributed by atoms with Gasteiger partial charge in [0.15, 0.2) is 0 Å². The van der Waals surface area contributed by atoms with Crippen LogP contribution in [-0.4, -0.2) is 23.2 Å². The van der Waals surface area contributed by atoms with Gasteiger partial charge in [0, 0.05) is 18.0 Å². The topological polar surface area (TPSA) is 32.3 Å². The van der Waals surface area contributed by atoms with Crippen molar-refractivity contribution >= 4 is 23.5 Å². The number of nitrogens with one attached hydrogen (secondary N) is 1. The molecule has 0 aromatic heterocycles. The van der Waals surface area contributed by atoms with Crippen molar-refractivity contribution in [1.29, 1.82) is 0 Å². The van der Waals surface area contributed by atoms with Gasteiger partial charge in [0.2, 0.25) is 0 Å². The van der Waals surface area contributed by atoms with Gasteiger partial charge < -0.3 is 10.2 Å². The number of carbonyl (C=O) groups excluding carboxylic acids is 1. The molecule has 0 saturated carbocycles. The molecule has 1 N–H and O–H groups in total.